The summed E-state index contributed by atoms with van der Waals surface area (Å²) in [5, 5.41) is 2.02. The highest BCUT2D eigenvalue weighted by Gasteiger charge is 2.04. The van der Waals surface area contributed by atoms with Crippen LogP contribution in [0.3, 0.4) is 0 Å². The topological polar surface area (TPSA) is 44.2 Å². The van der Waals surface area contributed by atoms with Crippen molar-refractivity contribution in [1.29, 1.82) is 0 Å². The lowest BCUT2D eigenvalue weighted by molar-refractivity contribution is 0.220. The largest absolute Gasteiger partial charge is 0.489 e. The van der Waals surface area contributed by atoms with Crippen molar-refractivity contribution in [2.45, 2.75) is 0 Å². The molecule has 0 aliphatic rings. The van der Waals surface area contributed by atoms with E-state index in [9.17, 15) is 0 Å². The first-order valence-corrected chi connectivity index (χ1v) is 7.85. The Kier molecular flexibility index (Phi) is 3.94. The lowest BCUT2D eigenvalue weighted by atomic mass is 10.2. The van der Waals surface area contributed by atoms with Gasteiger partial charge in [0, 0.05) is 23.2 Å². The molecule has 0 bridgehead atoms. The Morgan fingerprint density at radius 2 is 1.08 bits per heavy atom. The normalized spacial score (nSPS) is 10.8. The Labute approximate surface area is 139 Å². The standard InChI is InChI=1S/C20H16N2O2/c1-7-17-15(5-3-11-21-17)19(9-1)23-13-14-24-20-10-2-8-18-16(20)6-4-12-22-18/h1-12H,13-14H2. The molecule has 0 unspecified atom stereocenters. The van der Waals surface area contributed by atoms with Crippen LogP contribution in [-0.4, -0.2) is 23.2 Å². The molecule has 0 N–H and O–H groups in total. The van der Waals surface area contributed by atoms with E-state index in [2.05, 4.69) is 9.97 Å². The summed E-state index contributed by atoms with van der Waals surface area (Å²) in [6.45, 7) is 0.926. The van der Waals surface area contributed by atoms with Crippen LogP contribution in [0.5, 0.6) is 11.5 Å². The molecule has 0 saturated heterocycles. The number of ether oxygens (including phenoxy) is 2. The second-order valence-corrected chi connectivity index (χ2v) is 5.35. The van der Waals surface area contributed by atoms with Crippen LogP contribution in [0.15, 0.2) is 73.1 Å². The van der Waals surface area contributed by atoms with Gasteiger partial charge in [-0.25, -0.2) is 0 Å². The summed E-state index contributed by atoms with van der Waals surface area (Å²) >= 11 is 0. The highest BCUT2D eigenvalue weighted by molar-refractivity contribution is 5.85. The van der Waals surface area contributed by atoms with Crippen molar-refractivity contribution in [1.82, 2.24) is 9.97 Å². The van der Waals surface area contributed by atoms with E-state index in [4.69, 9.17) is 9.47 Å². The molecule has 0 radical (unpaired) electrons. The molecule has 4 heteroatoms. The van der Waals surface area contributed by atoms with E-state index < -0.39 is 0 Å². The zero-order valence-corrected chi connectivity index (χ0v) is 13.1. The highest BCUT2D eigenvalue weighted by Crippen LogP contribution is 2.25. The van der Waals surface area contributed by atoms with Gasteiger partial charge in [-0.3, -0.25) is 9.97 Å². The summed E-state index contributed by atoms with van der Waals surface area (Å²) < 4.78 is 11.7. The first-order chi connectivity index (χ1) is 11.9. The SMILES string of the molecule is c1cc(OCCOc2cccc3ncccc23)c2cccnc2c1. The van der Waals surface area contributed by atoms with E-state index in [-0.39, 0.29) is 0 Å². The van der Waals surface area contributed by atoms with E-state index in [0.717, 1.165) is 33.3 Å². The van der Waals surface area contributed by atoms with Crippen LogP contribution in [-0.2, 0) is 0 Å². The van der Waals surface area contributed by atoms with Crippen molar-refractivity contribution in [2.75, 3.05) is 13.2 Å². The van der Waals surface area contributed by atoms with Gasteiger partial charge in [-0.2, -0.15) is 0 Å². The summed E-state index contributed by atoms with van der Waals surface area (Å²) in [5.41, 5.74) is 1.85. The van der Waals surface area contributed by atoms with Gasteiger partial charge in [-0.15, -0.1) is 0 Å². The van der Waals surface area contributed by atoms with Crippen molar-refractivity contribution in [2.24, 2.45) is 0 Å². The molecule has 0 aliphatic carbocycles. The van der Waals surface area contributed by atoms with Crippen molar-refractivity contribution in [3.05, 3.63) is 73.1 Å². The number of benzene rings is 2. The molecule has 0 fully saturated rings. The fraction of sp³-hybridized carbons (Fsp3) is 0.100. The van der Waals surface area contributed by atoms with Crippen LogP contribution >= 0.6 is 0 Å². The molecule has 2 heterocycles. The highest BCUT2D eigenvalue weighted by atomic mass is 16.5. The minimum atomic E-state index is 0.463. The minimum absolute atomic E-state index is 0.463. The number of nitrogens with zero attached hydrogens (tertiary/aromatic N) is 2. The third-order valence-corrected chi connectivity index (χ3v) is 3.81. The predicted octanol–water partition coefficient (Wildman–Crippen LogP) is 4.24. The molecule has 24 heavy (non-hydrogen) atoms. The van der Waals surface area contributed by atoms with Crippen LogP contribution in [0.25, 0.3) is 21.8 Å². The monoisotopic (exact) mass is 316 g/mol. The Morgan fingerprint density at radius 1 is 0.583 bits per heavy atom. The molecule has 2 aromatic heterocycles. The fourth-order valence-electron chi connectivity index (χ4n) is 2.71. The molecule has 0 saturated carbocycles. The van der Waals surface area contributed by atoms with Crippen molar-refractivity contribution >= 4 is 21.8 Å². The molecular weight excluding hydrogens is 300 g/mol. The molecule has 0 amide bonds. The lowest BCUT2D eigenvalue weighted by Gasteiger charge is -2.11. The maximum atomic E-state index is 5.87. The van der Waals surface area contributed by atoms with Crippen molar-refractivity contribution in [3.8, 4) is 11.5 Å². The third-order valence-electron chi connectivity index (χ3n) is 3.81. The van der Waals surface area contributed by atoms with Gasteiger partial charge >= 0.3 is 0 Å². The number of hydrogen-bond donors (Lipinski definition) is 0. The van der Waals surface area contributed by atoms with Crippen LogP contribution in [0, 0.1) is 0 Å². The van der Waals surface area contributed by atoms with Crippen LogP contribution in [0.4, 0.5) is 0 Å². The zero-order chi connectivity index (χ0) is 16.2. The van der Waals surface area contributed by atoms with E-state index in [1.807, 2.05) is 60.7 Å². The lowest BCUT2D eigenvalue weighted by Crippen LogP contribution is -2.09. The van der Waals surface area contributed by atoms with Gasteiger partial charge in [0.1, 0.15) is 24.7 Å². The maximum Gasteiger partial charge on any atom is 0.128 e. The zero-order valence-electron chi connectivity index (χ0n) is 13.1. The maximum absolute atomic E-state index is 5.87. The Balaban J connectivity index is 1.44. The van der Waals surface area contributed by atoms with Gasteiger partial charge in [0.05, 0.1) is 11.0 Å². The predicted molar refractivity (Wildman–Crippen MR) is 94.5 cm³/mol. The Morgan fingerprint density at radius 3 is 1.58 bits per heavy atom. The molecule has 4 nitrogen and oxygen atoms in total. The molecule has 118 valence electrons. The second-order valence-electron chi connectivity index (χ2n) is 5.35. The summed E-state index contributed by atoms with van der Waals surface area (Å²) in [4.78, 5) is 8.67. The van der Waals surface area contributed by atoms with E-state index in [1.54, 1.807) is 12.4 Å². The van der Waals surface area contributed by atoms with Crippen molar-refractivity contribution in [3.63, 3.8) is 0 Å². The van der Waals surface area contributed by atoms with Gasteiger partial charge in [-0.1, -0.05) is 12.1 Å². The Bertz CT molecular complexity index is 893. The summed E-state index contributed by atoms with van der Waals surface area (Å²) in [6.07, 6.45) is 3.56. The van der Waals surface area contributed by atoms with Crippen LogP contribution in [0.1, 0.15) is 0 Å². The molecule has 4 rings (SSSR count). The quantitative estimate of drug-likeness (QED) is 0.517. The number of hydrogen-bond acceptors (Lipinski definition) is 4. The van der Waals surface area contributed by atoms with Crippen molar-refractivity contribution < 1.29 is 9.47 Å². The average Bonchev–Trinajstić information content (AvgIpc) is 2.65. The summed E-state index contributed by atoms with van der Waals surface area (Å²) in [6, 6.07) is 19.6. The molecule has 4 aromatic rings. The Hall–Kier alpha value is -3.14. The molecule has 0 aliphatic heterocycles. The third kappa shape index (κ3) is 2.86. The molecule has 2 aromatic carbocycles. The van der Waals surface area contributed by atoms with Gasteiger partial charge < -0.3 is 9.47 Å². The first-order valence-electron chi connectivity index (χ1n) is 7.85. The van der Waals surface area contributed by atoms with Gasteiger partial charge in [0.25, 0.3) is 0 Å². The molecular formula is C20H16N2O2. The van der Waals surface area contributed by atoms with E-state index in [0.29, 0.717) is 13.2 Å². The van der Waals surface area contributed by atoms with E-state index >= 15 is 0 Å². The molecule has 0 atom stereocenters. The van der Waals surface area contributed by atoms with Crippen LogP contribution < -0.4 is 9.47 Å². The number of rotatable bonds is 5. The first kappa shape index (κ1) is 14.5. The van der Waals surface area contributed by atoms with Gasteiger partial charge in [-0.05, 0) is 48.5 Å². The summed E-state index contributed by atoms with van der Waals surface area (Å²) in [7, 11) is 0. The molecule has 0 spiro atoms. The number of pyridine rings is 2. The van der Waals surface area contributed by atoms with Gasteiger partial charge in [0.15, 0.2) is 0 Å². The minimum Gasteiger partial charge on any atom is -0.489 e. The number of fused-ring (bicyclic) bond motifs is 2. The second kappa shape index (κ2) is 6.54. The van der Waals surface area contributed by atoms with E-state index in [1.165, 1.54) is 0 Å². The smallest absolute Gasteiger partial charge is 0.128 e. The van der Waals surface area contributed by atoms with Crippen LogP contribution in [0.2, 0.25) is 0 Å². The fourth-order valence-corrected chi connectivity index (χ4v) is 2.71. The average molecular weight is 316 g/mol. The summed E-state index contributed by atoms with van der Waals surface area (Å²) in [5.74, 6) is 1.65. The van der Waals surface area contributed by atoms with Gasteiger partial charge in [0.2, 0.25) is 0 Å². The number of aromatic nitrogens is 2.